The molecule has 352 valence electrons. The number of nitrogens with zero attached hydrogens (tertiary/aromatic N) is 2. The number of carbonyl (C=O) groups is 2. The maximum atomic E-state index is 15.2. The van der Waals surface area contributed by atoms with E-state index in [1.165, 1.54) is 0 Å². The number of benzene rings is 1. The van der Waals surface area contributed by atoms with Crippen LogP contribution in [0, 0.1) is 42.4 Å². The van der Waals surface area contributed by atoms with Gasteiger partial charge in [-0.25, -0.2) is 8.42 Å². The van der Waals surface area contributed by atoms with Crippen LogP contribution in [0.25, 0.3) is 0 Å². The summed E-state index contributed by atoms with van der Waals surface area (Å²) < 4.78 is 81.4. The fourth-order valence-corrected chi connectivity index (χ4v) is 14.6. The van der Waals surface area contributed by atoms with Gasteiger partial charge in [0, 0.05) is 51.3 Å². The highest BCUT2D eigenvalue weighted by molar-refractivity contribution is 7.89. The number of methoxy groups -OCH3 is 3. The van der Waals surface area contributed by atoms with Gasteiger partial charge in [0.1, 0.15) is 24.4 Å². The first kappa shape index (κ1) is 47.2. The van der Waals surface area contributed by atoms with Gasteiger partial charge in [0.25, 0.3) is 0 Å². The standard InChI is InChI=1S/C48H72N2O12S/c1-11-29-13-12-14-38(62-40-20-19-37(49(6)7)27(4)58-40)26(3)44(52)36-23-33-32-21-30(61-48-47(57-10)46(56-9)45(55-8)28(5)59-48)22-35(32)42-43(41(33)34(36)24-39(51)60-29)50(42)63(53,54)31-17-15-25(2)16-18-31/h15-18,23,26-30,32-35,37-38,40-43,45-48H,11-14,19-22,24H2,1-10H3/t26-,27?,28?,29+,30+,32+,33+,34-,35-,37+,38+,40+,41-,42-,43+,45+,46?,47+,48+,50?/m1/s1. The molecule has 0 bridgehead atoms. The Kier molecular flexibility index (Phi) is 14.3. The number of fused-ring (bicyclic) bond motifs is 8. The lowest BCUT2D eigenvalue weighted by Gasteiger charge is -2.44. The first-order chi connectivity index (χ1) is 30.1. The molecule has 15 heteroatoms. The van der Waals surface area contributed by atoms with Crippen LogP contribution in [0.5, 0.6) is 0 Å². The topological polar surface area (TPSA) is 148 Å². The molecular formula is C48H72N2O12S. The molecule has 2 saturated carbocycles. The van der Waals surface area contributed by atoms with E-state index in [0.717, 1.165) is 24.8 Å². The summed E-state index contributed by atoms with van der Waals surface area (Å²) in [6, 6.07) is 6.56. The molecule has 7 aliphatic rings. The fourth-order valence-electron chi connectivity index (χ4n) is 12.7. The Morgan fingerprint density at radius 3 is 2.17 bits per heavy atom. The minimum atomic E-state index is -3.94. The Bertz CT molecular complexity index is 1930. The van der Waals surface area contributed by atoms with Gasteiger partial charge < -0.3 is 42.8 Å². The number of hydrogen-bond acceptors (Lipinski definition) is 13. The smallest absolute Gasteiger partial charge is 0.306 e. The van der Waals surface area contributed by atoms with E-state index in [-0.39, 0.29) is 89.3 Å². The quantitative estimate of drug-likeness (QED) is 0.198. The van der Waals surface area contributed by atoms with Gasteiger partial charge in [0.15, 0.2) is 18.4 Å². The minimum absolute atomic E-state index is 0.00398. The van der Waals surface area contributed by atoms with Crippen molar-refractivity contribution in [2.75, 3.05) is 35.4 Å². The molecular weight excluding hydrogens is 829 g/mol. The van der Waals surface area contributed by atoms with Crippen molar-refractivity contribution in [3.63, 3.8) is 0 Å². The molecule has 63 heavy (non-hydrogen) atoms. The molecule has 8 rings (SSSR count). The lowest BCUT2D eigenvalue weighted by molar-refractivity contribution is -0.314. The van der Waals surface area contributed by atoms with Crippen LogP contribution in [0.4, 0.5) is 0 Å². The molecule has 4 heterocycles. The third-order valence-electron chi connectivity index (χ3n) is 15.9. The van der Waals surface area contributed by atoms with E-state index in [2.05, 4.69) is 32.0 Å². The van der Waals surface area contributed by atoms with E-state index < -0.39 is 58.8 Å². The van der Waals surface area contributed by atoms with Crippen molar-refractivity contribution in [2.24, 2.45) is 35.5 Å². The van der Waals surface area contributed by atoms with Crippen LogP contribution in [0.2, 0.25) is 0 Å². The number of carbonyl (C=O) groups excluding carboxylic acids is 2. The molecule has 6 fully saturated rings. The summed E-state index contributed by atoms with van der Waals surface area (Å²) in [7, 11) is 5.06. The number of rotatable bonds is 11. The number of Topliss-reactive ketones (excluding diaryl/α,β-unsaturated/α-hetero) is 1. The maximum absolute atomic E-state index is 15.2. The minimum Gasteiger partial charge on any atom is -0.462 e. The number of sulfonamides is 1. The molecule has 4 unspecified atom stereocenters. The van der Waals surface area contributed by atoms with Crippen molar-refractivity contribution >= 4 is 21.8 Å². The van der Waals surface area contributed by atoms with Crippen LogP contribution in [-0.2, 0) is 57.5 Å². The van der Waals surface area contributed by atoms with Crippen molar-refractivity contribution in [3.05, 3.63) is 41.5 Å². The highest BCUT2D eigenvalue weighted by atomic mass is 32.2. The zero-order valence-electron chi connectivity index (χ0n) is 38.9. The van der Waals surface area contributed by atoms with Gasteiger partial charge in [-0.05, 0) is 128 Å². The average molecular weight is 901 g/mol. The van der Waals surface area contributed by atoms with Gasteiger partial charge >= 0.3 is 5.97 Å². The van der Waals surface area contributed by atoms with E-state index in [1.807, 2.05) is 39.8 Å². The van der Waals surface area contributed by atoms with Crippen LogP contribution in [-0.4, -0.2) is 144 Å². The summed E-state index contributed by atoms with van der Waals surface area (Å²) in [4.78, 5) is 31.7. The third kappa shape index (κ3) is 8.99. The van der Waals surface area contributed by atoms with Crippen LogP contribution in [0.1, 0.15) is 91.0 Å². The molecule has 1 aromatic carbocycles. The largest absolute Gasteiger partial charge is 0.462 e. The predicted octanol–water partition coefficient (Wildman–Crippen LogP) is 5.68. The van der Waals surface area contributed by atoms with Crippen LogP contribution >= 0.6 is 0 Å². The number of ether oxygens (including phenoxy) is 8. The number of allylic oxidation sites excluding steroid dienone is 2. The van der Waals surface area contributed by atoms with Gasteiger partial charge in [-0.3, -0.25) is 9.59 Å². The molecule has 14 nitrogen and oxygen atoms in total. The second-order valence-electron chi connectivity index (χ2n) is 19.7. The van der Waals surface area contributed by atoms with Gasteiger partial charge in [0.2, 0.25) is 10.0 Å². The van der Waals surface area contributed by atoms with Gasteiger partial charge in [0.05, 0.1) is 35.7 Å². The van der Waals surface area contributed by atoms with Crippen LogP contribution in [0.3, 0.4) is 0 Å². The molecule has 3 aliphatic carbocycles. The highest BCUT2D eigenvalue weighted by Crippen LogP contribution is 2.65. The zero-order valence-corrected chi connectivity index (χ0v) is 39.7. The molecule has 0 radical (unpaired) electrons. The number of cyclic esters (lactones) is 1. The van der Waals surface area contributed by atoms with Crippen LogP contribution < -0.4 is 0 Å². The first-order valence-electron chi connectivity index (χ1n) is 23.5. The Morgan fingerprint density at radius 2 is 1.52 bits per heavy atom. The fraction of sp³-hybridized carbons (Fsp3) is 0.792. The Morgan fingerprint density at radius 1 is 0.825 bits per heavy atom. The van der Waals surface area contributed by atoms with E-state index >= 15 is 4.79 Å². The number of esters is 1. The molecule has 20 atom stereocenters. The molecule has 0 aromatic heterocycles. The van der Waals surface area contributed by atoms with Crippen molar-refractivity contribution in [3.8, 4) is 0 Å². The summed E-state index contributed by atoms with van der Waals surface area (Å²) in [6.45, 7) is 9.93. The van der Waals surface area contributed by atoms with Crippen molar-refractivity contribution in [1.82, 2.24) is 9.21 Å². The second kappa shape index (κ2) is 19.1. The van der Waals surface area contributed by atoms with Gasteiger partial charge in [-0.15, -0.1) is 0 Å². The Hall–Kier alpha value is -2.31. The van der Waals surface area contributed by atoms with E-state index in [1.54, 1.807) is 37.8 Å². The molecule has 0 N–H and O–H groups in total. The number of aryl methyl sites for hydroxylation is 1. The SMILES string of the molecule is CC[C@H]1CCC[C@H](O[C@H]2CC[C@H](N(C)C)C(C)O2)[C@@H](C)C(=O)C2=C[C@H]3[C@@H]4C[C@H](O[C@@H]5OC(C)[C@H](OC)C(OC)[C@@H]5OC)C[C@H]4[C@@H]4[C@H]([C@H]3[C@@H]2CC(=O)O1)N4S(=O)(=O)c1ccc(C)cc1. The molecule has 4 saturated heterocycles. The molecule has 0 spiro atoms. The number of ketones is 1. The predicted molar refractivity (Wildman–Crippen MR) is 233 cm³/mol. The summed E-state index contributed by atoms with van der Waals surface area (Å²) in [5.74, 6) is -1.97. The van der Waals surface area contributed by atoms with Gasteiger partial charge in [-0.1, -0.05) is 37.6 Å². The van der Waals surface area contributed by atoms with E-state index in [0.29, 0.717) is 37.7 Å². The normalized spacial score (nSPS) is 44.3. The monoisotopic (exact) mass is 900 g/mol. The van der Waals surface area contributed by atoms with E-state index in [4.69, 9.17) is 37.9 Å². The second-order valence-corrected chi connectivity index (χ2v) is 21.6. The van der Waals surface area contributed by atoms with Gasteiger partial charge in [-0.2, -0.15) is 4.31 Å². The van der Waals surface area contributed by atoms with Crippen LogP contribution in [0.15, 0.2) is 40.8 Å². The summed E-state index contributed by atoms with van der Waals surface area (Å²) in [5.41, 5.74) is 1.57. The Labute approximate surface area is 375 Å². The number of likely N-dealkylation sites (N-methyl/N-ethyl adjacent to an activating group) is 1. The lowest BCUT2D eigenvalue weighted by atomic mass is 9.66. The highest BCUT2D eigenvalue weighted by Gasteiger charge is 2.72. The lowest BCUT2D eigenvalue weighted by Crippen LogP contribution is -2.59. The third-order valence-corrected chi connectivity index (χ3v) is 17.9. The molecule has 4 aliphatic heterocycles. The Balaban J connectivity index is 1.13. The summed E-state index contributed by atoms with van der Waals surface area (Å²) >= 11 is 0. The molecule has 0 amide bonds. The summed E-state index contributed by atoms with van der Waals surface area (Å²) in [6.07, 6.45) is 3.84. The maximum Gasteiger partial charge on any atom is 0.306 e. The van der Waals surface area contributed by atoms with Crippen molar-refractivity contribution in [1.29, 1.82) is 0 Å². The van der Waals surface area contributed by atoms with E-state index in [9.17, 15) is 13.2 Å². The zero-order chi connectivity index (χ0) is 45.1. The molecule has 1 aromatic rings. The first-order valence-corrected chi connectivity index (χ1v) is 25.0. The van der Waals surface area contributed by atoms with Crippen molar-refractivity contribution < 1.29 is 55.9 Å². The van der Waals surface area contributed by atoms with Crippen molar-refractivity contribution in [2.45, 2.75) is 177 Å². The average Bonchev–Trinajstić information content (AvgIpc) is 3.69. The number of hydrogen-bond donors (Lipinski definition) is 0. The summed E-state index contributed by atoms with van der Waals surface area (Å²) in [5, 5.41) is 0.